The van der Waals surface area contributed by atoms with Crippen molar-refractivity contribution in [2.45, 2.75) is 5.38 Å². The Balaban J connectivity index is 1.93. The second-order valence-electron chi connectivity index (χ2n) is 4.34. The predicted octanol–water partition coefficient (Wildman–Crippen LogP) is 4.81. The molecule has 6 heteroatoms. The lowest BCUT2D eigenvalue weighted by molar-refractivity contribution is 0.585. The van der Waals surface area contributed by atoms with Crippen LogP contribution >= 0.6 is 22.9 Å². The van der Waals surface area contributed by atoms with Crippen LogP contribution in [0.3, 0.4) is 0 Å². The lowest BCUT2D eigenvalue weighted by Crippen LogP contribution is -1.91. The van der Waals surface area contributed by atoms with Gasteiger partial charge in [-0.15, -0.1) is 21.8 Å². The topological polar surface area (TPSA) is 25.8 Å². The smallest absolute Gasteiger partial charge is 0.150 e. The largest absolute Gasteiger partial charge is 0.207 e. The fraction of sp³-hybridized carbons (Fsp3) is 0.0667. The molecule has 0 radical (unpaired) electrons. The molecule has 3 rings (SSSR count). The molecule has 1 heterocycles. The van der Waals surface area contributed by atoms with E-state index >= 15 is 0 Å². The average molecular weight is 323 g/mol. The third-order valence-corrected chi connectivity index (χ3v) is 4.52. The summed E-state index contributed by atoms with van der Waals surface area (Å²) in [6.07, 6.45) is 0. The van der Waals surface area contributed by atoms with E-state index in [1.165, 1.54) is 23.5 Å². The molecular formula is C15H9ClF2N2S. The first kappa shape index (κ1) is 14.1. The van der Waals surface area contributed by atoms with Crippen molar-refractivity contribution in [2.75, 3.05) is 0 Å². The molecule has 2 nitrogen and oxygen atoms in total. The van der Waals surface area contributed by atoms with Crippen LogP contribution in [0.25, 0.3) is 10.6 Å². The zero-order chi connectivity index (χ0) is 14.8. The number of hydrogen-bond donors (Lipinski definition) is 0. The summed E-state index contributed by atoms with van der Waals surface area (Å²) in [5.41, 5.74) is 1.11. The minimum atomic E-state index is -0.663. The van der Waals surface area contributed by atoms with E-state index in [0.29, 0.717) is 10.0 Å². The van der Waals surface area contributed by atoms with E-state index in [2.05, 4.69) is 10.2 Å². The zero-order valence-corrected chi connectivity index (χ0v) is 12.2. The van der Waals surface area contributed by atoms with E-state index < -0.39 is 17.0 Å². The lowest BCUT2D eigenvalue weighted by atomic mass is 10.1. The Morgan fingerprint density at radius 1 is 1.00 bits per heavy atom. The number of halogens is 3. The number of aromatic nitrogens is 2. The lowest BCUT2D eigenvalue weighted by Gasteiger charge is -2.04. The number of alkyl halides is 1. The summed E-state index contributed by atoms with van der Waals surface area (Å²) < 4.78 is 26.7. The van der Waals surface area contributed by atoms with Gasteiger partial charge in [0.2, 0.25) is 0 Å². The molecule has 0 saturated heterocycles. The molecule has 0 bridgehead atoms. The van der Waals surface area contributed by atoms with Gasteiger partial charge >= 0.3 is 0 Å². The highest BCUT2D eigenvalue weighted by Crippen LogP contribution is 2.34. The molecule has 1 aromatic heterocycles. The first-order valence-corrected chi connectivity index (χ1v) is 7.38. The van der Waals surface area contributed by atoms with Crippen LogP contribution in [0.1, 0.15) is 15.9 Å². The van der Waals surface area contributed by atoms with Crippen molar-refractivity contribution >= 4 is 22.9 Å². The van der Waals surface area contributed by atoms with E-state index in [1.54, 1.807) is 0 Å². The first-order valence-electron chi connectivity index (χ1n) is 6.13. The number of hydrogen-bond acceptors (Lipinski definition) is 3. The van der Waals surface area contributed by atoms with Crippen LogP contribution in [0, 0.1) is 11.6 Å². The SMILES string of the molecule is Fc1ccc(-c2nnc(C(Cl)c3ccccc3)s2)c(F)c1. The molecule has 0 aliphatic rings. The van der Waals surface area contributed by atoms with E-state index in [1.807, 2.05) is 30.3 Å². The number of nitrogens with zero attached hydrogens (tertiary/aromatic N) is 2. The van der Waals surface area contributed by atoms with Crippen LogP contribution in [0.5, 0.6) is 0 Å². The van der Waals surface area contributed by atoms with Crippen molar-refractivity contribution < 1.29 is 8.78 Å². The van der Waals surface area contributed by atoms with Gasteiger partial charge in [-0.25, -0.2) is 8.78 Å². The Hall–Kier alpha value is -1.85. The van der Waals surface area contributed by atoms with Crippen molar-refractivity contribution in [2.24, 2.45) is 0 Å². The summed E-state index contributed by atoms with van der Waals surface area (Å²) in [6.45, 7) is 0. The van der Waals surface area contributed by atoms with Crippen molar-refractivity contribution in [3.05, 3.63) is 70.7 Å². The summed E-state index contributed by atoms with van der Waals surface area (Å²) in [7, 11) is 0. The van der Waals surface area contributed by atoms with Gasteiger partial charge in [0.25, 0.3) is 0 Å². The molecule has 0 fully saturated rings. The zero-order valence-electron chi connectivity index (χ0n) is 10.6. The van der Waals surface area contributed by atoms with Gasteiger partial charge in [0.1, 0.15) is 22.0 Å². The third kappa shape index (κ3) is 2.94. The second-order valence-corrected chi connectivity index (χ2v) is 5.79. The Morgan fingerprint density at radius 2 is 1.76 bits per heavy atom. The van der Waals surface area contributed by atoms with Crippen molar-refractivity contribution in [3.63, 3.8) is 0 Å². The van der Waals surface area contributed by atoms with Gasteiger partial charge in [-0.2, -0.15) is 0 Å². The molecule has 3 aromatic rings. The maximum absolute atomic E-state index is 13.7. The van der Waals surface area contributed by atoms with Gasteiger partial charge in [-0.05, 0) is 17.7 Å². The van der Waals surface area contributed by atoms with Crippen LogP contribution < -0.4 is 0 Å². The molecule has 0 saturated carbocycles. The van der Waals surface area contributed by atoms with Gasteiger partial charge in [-0.1, -0.05) is 41.7 Å². The number of rotatable bonds is 3. The average Bonchev–Trinajstić information content (AvgIpc) is 2.97. The first-order chi connectivity index (χ1) is 10.1. The summed E-state index contributed by atoms with van der Waals surface area (Å²) in [4.78, 5) is 0. The molecular weight excluding hydrogens is 314 g/mol. The molecule has 0 aliphatic carbocycles. The Kier molecular flexibility index (Phi) is 3.94. The van der Waals surface area contributed by atoms with E-state index in [0.717, 1.165) is 11.6 Å². The Labute approximate surface area is 129 Å². The third-order valence-electron chi connectivity index (χ3n) is 2.91. The molecule has 0 N–H and O–H groups in total. The fourth-order valence-corrected chi connectivity index (χ4v) is 3.07. The van der Waals surface area contributed by atoms with E-state index in [-0.39, 0.29) is 5.56 Å². The Bertz CT molecular complexity index is 761. The van der Waals surface area contributed by atoms with Gasteiger partial charge in [-0.3, -0.25) is 0 Å². The van der Waals surface area contributed by atoms with Crippen LogP contribution in [-0.4, -0.2) is 10.2 Å². The summed E-state index contributed by atoms with van der Waals surface area (Å²) >= 11 is 7.54. The van der Waals surface area contributed by atoms with Gasteiger partial charge in [0, 0.05) is 11.6 Å². The monoisotopic (exact) mass is 322 g/mol. The maximum Gasteiger partial charge on any atom is 0.150 e. The molecule has 1 atom stereocenters. The molecule has 0 spiro atoms. The van der Waals surface area contributed by atoms with Crippen molar-refractivity contribution in [1.29, 1.82) is 0 Å². The quantitative estimate of drug-likeness (QED) is 0.647. The highest BCUT2D eigenvalue weighted by atomic mass is 35.5. The summed E-state index contributed by atoms with van der Waals surface area (Å²) in [5.74, 6) is -1.29. The minimum absolute atomic E-state index is 0.220. The van der Waals surface area contributed by atoms with Crippen molar-refractivity contribution in [3.8, 4) is 10.6 Å². The molecule has 0 amide bonds. The van der Waals surface area contributed by atoms with E-state index in [4.69, 9.17) is 11.6 Å². The Morgan fingerprint density at radius 3 is 2.48 bits per heavy atom. The fourth-order valence-electron chi connectivity index (χ4n) is 1.87. The highest BCUT2D eigenvalue weighted by Gasteiger charge is 2.18. The summed E-state index contributed by atoms with van der Waals surface area (Å²) in [5, 5.41) is 8.46. The highest BCUT2D eigenvalue weighted by molar-refractivity contribution is 7.15. The standard InChI is InChI=1S/C15H9ClF2N2S/c16-13(9-4-2-1-3-5-9)15-20-19-14(21-15)11-7-6-10(17)8-12(11)18/h1-8,13H. The van der Waals surface area contributed by atoms with Crippen LogP contribution in [0.2, 0.25) is 0 Å². The molecule has 0 aliphatic heterocycles. The maximum atomic E-state index is 13.7. The van der Waals surface area contributed by atoms with Crippen LogP contribution in [0.4, 0.5) is 8.78 Å². The van der Waals surface area contributed by atoms with Gasteiger partial charge < -0.3 is 0 Å². The van der Waals surface area contributed by atoms with Crippen LogP contribution in [0.15, 0.2) is 48.5 Å². The van der Waals surface area contributed by atoms with Crippen molar-refractivity contribution in [1.82, 2.24) is 10.2 Å². The summed E-state index contributed by atoms with van der Waals surface area (Å²) in [6, 6.07) is 12.8. The minimum Gasteiger partial charge on any atom is -0.207 e. The van der Waals surface area contributed by atoms with E-state index in [9.17, 15) is 8.78 Å². The van der Waals surface area contributed by atoms with Gasteiger partial charge in [0.15, 0.2) is 5.01 Å². The second kappa shape index (κ2) is 5.87. The molecule has 1 unspecified atom stereocenters. The normalized spacial score (nSPS) is 12.3. The number of benzene rings is 2. The molecule has 21 heavy (non-hydrogen) atoms. The van der Waals surface area contributed by atoms with Gasteiger partial charge in [0.05, 0.1) is 0 Å². The molecule has 2 aromatic carbocycles. The van der Waals surface area contributed by atoms with Crippen LogP contribution in [-0.2, 0) is 0 Å². The predicted molar refractivity (Wildman–Crippen MR) is 79.4 cm³/mol. The molecule has 106 valence electrons.